The van der Waals surface area contributed by atoms with Crippen molar-refractivity contribution in [3.8, 4) is 0 Å². The average Bonchev–Trinajstić information content (AvgIpc) is 3.36. The molecule has 2 heterocycles. The number of likely N-dealkylation sites (N-methyl/N-ethyl adjacent to an activating group) is 1. The molecule has 218 valence electrons. The first-order chi connectivity index (χ1) is 19.9. The Bertz CT molecular complexity index is 1420. The van der Waals surface area contributed by atoms with E-state index in [1.807, 2.05) is 17.9 Å². The van der Waals surface area contributed by atoms with Crippen LogP contribution in [0.4, 0.5) is 0 Å². The highest BCUT2D eigenvalue weighted by atomic mass is 16.4. The highest BCUT2D eigenvalue weighted by Gasteiger charge is 2.26. The van der Waals surface area contributed by atoms with E-state index in [9.17, 15) is 14.7 Å². The number of carboxylic acid groups (broad SMARTS) is 1. The number of unbranched alkanes of at least 4 members (excludes halogenated alkanes) is 2. The van der Waals surface area contributed by atoms with Gasteiger partial charge in [-0.2, -0.15) is 0 Å². The van der Waals surface area contributed by atoms with E-state index in [0.29, 0.717) is 11.5 Å². The van der Waals surface area contributed by atoms with Crippen LogP contribution in [0, 0.1) is 12.8 Å². The van der Waals surface area contributed by atoms with Crippen molar-refractivity contribution in [2.24, 2.45) is 5.92 Å². The summed E-state index contributed by atoms with van der Waals surface area (Å²) in [6.07, 6.45) is 13.8. The van der Waals surface area contributed by atoms with Crippen LogP contribution < -0.4 is 0 Å². The van der Waals surface area contributed by atoms with E-state index >= 15 is 0 Å². The second kappa shape index (κ2) is 13.1. The third-order valence-corrected chi connectivity index (χ3v) is 9.09. The van der Waals surface area contributed by atoms with E-state index in [1.54, 1.807) is 12.1 Å². The molecule has 1 aromatic heterocycles. The van der Waals surface area contributed by atoms with Crippen LogP contribution in [-0.2, 0) is 6.54 Å². The first-order valence-electron chi connectivity index (χ1n) is 15.5. The maximum atomic E-state index is 13.8. The van der Waals surface area contributed by atoms with E-state index in [1.165, 1.54) is 24.8 Å². The third kappa shape index (κ3) is 6.43. The van der Waals surface area contributed by atoms with Crippen LogP contribution in [0.1, 0.15) is 95.7 Å². The number of carbonyl (C=O) groups excluding carboxylic acids is 1. The maximum absolute atomic E-state index is 13.8. The largest absolute Gasteiger partial charge is 0.478 e. The molecule has 1 aliphatic carbocycles. The number of amides is 1. The van der Waals surface area contributed by atoms with Gasteiger partial charge in [0.2, 0.25) is 0 Å². The summed E-state index contributed by atoms with van der Waals surface area (Å²) < 4.78 is 2.32. The van der Waals surface area contributed by atoms with Crippen LogP contribution in [0.25, 0.3) is 22.6 Å². The van der Waals surface area contributed by atoms with Gasteiger partial charge in [0, 0.05) is 44.3 Å². The lowest BCUT2D eigenvalue weighted by Gasteiger charge is -2.32. The standard InChI is InChI=1S/C35H45N3O3/c1-4-5-9-17-38-24-32(34(39)37-20-18-36(3)19-21-37)30-14-10-13-27(33(30)38)23-31(26-11-7-6-8-12-26)29-16-15-28(35(40)41)22-25(29)2/h10,13-16,22-24,26H,4-9,11-12,17-21H2,1-3H3,(H,40,41)/b31-23+. The minimum atomic E-state index is -0.893. The molecule has 0 spiro atoms. The molecule has 1 saturated heterocycles. The van der Waals surface area contributed by atoms with Crippen molar-refractivity contribution in [2.45, 2.75) is 71.8 Å². The normalized spacial score (nSPS) is 17.3. The number of fused-ring (bicyclic) bond motifs is 1. The summed E-state index contributed by atoms with van der Waals surface area (Å²) >= 11 is 0. The lowest BCUT2D eigenvalue weighted by Crippen LogP contribution is -2.47. The van der Waals surface area contributed by atoms with E-state index in [2.05, 4.69) is 53.9 Å². The molecule has 0 radical (unpaired) electrons. The number of allylic oxidation sites excluding steroid dienone is 1. The van der Waals surface area contributed by atoms with Crippen molar-refractivity contribution in [3.05, 3.63) is 70.4 Å². The number of piperazine rings is 1. The summed E-state index contributed by atoms with van der Waals surface area (Å²) in [5.74, 6) is -0.329. The molecular formula is C35H45N3O3. The molecule has 2 aliphatic rings. The Labute approximate surface area is 244 Å². The number of aryl methyl sites for hydroxylation is 2. The van der Waals surface area contributed by atoms with E-state index in [-0.39, 0.29) is 5.91 Å². The first-order valence-corrected chi connectivity index (χ1v) is 15.5. The van der Waals surface area contributed by atoms with E-state index in [4.69, 9.17) is 0 Å². The fourth-order valence-corrected chi connectivity index (χ4v) is 6.68. The fourth-order valence-electron chi connectivity index (χ4n) is 6.68. The molecule has 2 aromatic carbocycles. The molecule has 1 saturated carbocycles. The summed E-state index contributed by atoms with van der Waals surface area (Å²) in [5.41, 5.74) is 6.83. The Kier molecular flexibility index (Phi) is 9.29. The van der Waals surface area contributed by atoms with Gasteiger partial charge in [-0.25, -0.2) is 4.79 Å². The number of para-hydroxylation sites is 1. The van der Waals surface area contributed by atoms with Crippen LogP contribution in [0.2, 0.25) is 0 Å². The molecule has 6 nitrogen and oxygen atoms in total. The molecule has 0 unspecified atom stereocenters. The first kappa shape index (κ1) is 29.1. The van der Waals surface area contributed by atoms with Crippen molar-refractivity contribution in [2.75, 3.05) is 33.2 Å². The van der Waals surface area contributed by atoms with Gasteiger partial charge >= 0.3 is 5.97 Å². The van der Waals surface area contributed by atoms with Gasteiger partial charge in [0.15, 0.2) is 0 Å². The number of nitrogens with zero attached hydrogens (tertiary/aromatic N) is 3. The molecule has 1 aliphatic heterocycles. The summed E-state index contributed by atoms with van der Waals surface area (Å²) in [5, 5.41) is 10.6. The predicted octanol–water partition coefficient (Wildman–Crippen LogP) is 7.35. The molecule has 41 heavy (non-hydrogen) atoms. The highest BCUT2D eigenvalue weighted by molar-refractivity contribution is 6.09. The highest BCUT2D eigenvalue weighted by Crippen LogP contribution is 2.39. The van der Waals surface area contributed by atoms with Crippen molar-refractivity contribution in [1.82, 2.24) is 14.4 Å². The molecule has 0 atom stereocenters. The minimum Gasteiger partial charge on any atom is -0.478 e. The topological polar surface area (TPSA) is 65.8 Å². The monoisotopic (exact) mass is 555 g/mol. The Morgan fingerprint density at radius 3 is 2.41 bits per heavy atom. The van der Waals surface area contributed by atoms with Crippen LogP contribution in [-0.4, -0.2) is 64.6 Å². The van der Waals surface area contributed by atoms with E-state index < -0.39 is 5.97 Å². The number of hydrogen-bond donors (Lipinski definition) is 1. The number of hydrogen-bond acceptors (Lipinski definition) is 3. The maximum Gasteiger partial charge on any atom is 0.335 e. The predicted molar refractivity (Wildman–Crippen MR) is 167 cm³/mol. The minimum absolute atomic E-state index is 0.131. The molecular weight excluding hydrogens is 510 g/mol. The van der Waals surface area contributed by atoms with Crippen molar-refractivity contribution in [3.63, 3.8) is 0 Å². The van der Waals surface area contributed by atoms with Crippen molar-refractivity contribution >= 4 is 34.4 Å². The molecule has 5 rings (SSSR count). The Balaban J connectivity index is 1.63. The van der Waals surface area contributed by atoms with Gasteiger partial charge in [0.1, 0.15) is 0 Å². The van der Waals surface area contributed by atoms with Crippen LogP contribution in [0.3, 0.4) is 0 Å². The van der Waals surface area contributed by atoms with Gasteiger partial charge in [-0.05, 0) is 79.6 Å². The lowest BCUT2D eigenvalue weighted by atomic mass is 9.79. The number of carbonyl (C=O) groups is 2. The SMILES string of the molecule is CCCCCn1cc(C(=O)N2CCN(C)CC2)c2cccc(/C=C(/c3ccc(C(=O)O)cc3C)C3CCCCC3)c21. The number of carboxylic acids is 1. The summed E-state index contributed by atoms with van der Waals surface area (Å²) in [4.78, 5) is 29.8. The van der Waals surface area contributed by atoms with Crippen molar-refractivity contribution < 1.29 is 14.7 Å². The van der Waals surface area contributed by atoms with E-state index in [0.717, 1.165) is 98.0 Å². The van der Waals surface area contributed by atoms with Gasteiger partial charge in [-0.1, -0.05) is 63.3 Å². The van der Waals surface area contributed by atoms with Gasteiger partial charge in [-0.15, -0.1) is 0 Å². The quantitative estimate of drug-likeness (QED) is 0.222. The number of rotatable bonds is 9. The van der Waals surface area contributed by atoms with Crippen LogP contribution in [0.15, 0.2) is 42.6 Å². The van der Waals surface area contributed by atoms with Gasteiger partial charge in [-0.3, -0.25) is 4.79 Å². The molecule has 6 heteroatoms. The summed E-state index contributed by atoms with van der Waals surface area (Å²) in [7, 11) is 2.11. The Morgan fingerprint density at radius 2 is 1.73 bits per heavy atom. The van der Waals surface area contributed by atoms with Crippen LogP contribution >= 0.6 is 0 Å². The second-order valence-corrected chi connectivity index (χ2v) is 12.1. The third-order valence-electron chi connectivity index (χ3n) is 9.09. The number of aromatic nitrogens is 1. The molecule has 1 amide bonds. The van der Waals surface area contributed by atoms with Crippen molar-refractivity contribution in [1.29, 1.82) is 0 Å². The van der Waals surface area contributed by atoms with Gasteiger partial charge in [0.05, 0.1) is 16.6 Å². The number of aromatic carboxylic acids is 1. The summed E-state index contributed by atoms with van der Waals surface area (Å²) in [6.45, 7) is 8.46. The average molecular weight is 556 g/mol. The smallest absolute Gasteiger partial charge is 0.335 e. The van der Waals surface area contributed by atoms with Gasteiger partial charge < -0.3 is 19.5 Å². The zero-order valence-corrected chi connectivity index (χ0v) is 25.0. The zero-order chi connectivity index (χ0) is 28.9. The number of benzene rings is 2. The molecule has 2 fully saturated rings. The van der Waals surface area contributed by atoms with Gasteiger partial charge in [0.25, 0.3) is 5.91 Å². The second-order valence-electron chi connectivity index (χ2n) is 12.1. The Hall–Kier alpha value is -3.38. The zero-order valence-electron chi connectivity index (χ0n) is 25.0. The molecule has 1 N–H and O–H groups in total. The molecule has 3 aromatic rings. The fraction of sp³-hybridized carbons (Fsp3) is 0.486. The summed E-state index contributed by atoms with van der Waals surface area (Å²) in [6, 6.07) is 11.9. The molecule has 0 bridgehead atoms. The Morgan fingerprint density at radius 1 is 0.976 bits per heavy atom. The van der Waals surface area contributed by atoms with Crippen LogP contribution in [0.5, 0.6) is 0 Å². The lowest BCUT2D eigenvalue weighted by molar-refractivity contribution is 0.0663.